The quantitative estimate of drug-likeness (QED) is 0.178. The molecule has 0 N–H and O–H groups in total. The van der Waals surface area contributed by atoms with Crippen LogP contribution in [0.1, 0.15) is 5.56 Å². The molecule has 0 saturated heterocycles. The number of benzene rings is 2. The van der Waals surface area contributed by atoms with Crippen LogP contribution < -0.4 is 18.9 Å². The Morgan fingerprint density at radius 2 is 1.02 bits per heavy atom. The van der Waals surface area contributed by atoms with Crippen molar-refractivity contribution in [2.75, 3.05) is 0 Å². The van der Waals surface area contributed by atoms with Gasteiger partial charge in [-0.3, -0.25) is 0 Å². The molecule has 44 heavy (non-hydrogen) atoms. The Labute approximate surface area is 245 Å². The van der Waals surface area contributed by atoms with Crippen LogP contribution in [-0.4, -0.2) is 54.1 Å². The molecule has 0 saturated carbocycles. The van der Waals surface area contributed by atoms with Crippen LogP contribution >= 0.6 is 0 Å². The van der Waals surface area contributed by atoms with Gasteiger partial charge in [0.25, 0.3) is 0 Å². The number of nitrogens with zero attached hydrogens (tertiary/aromatic N) is 1. The van der Waals surface area contributed by atoms with Crippen LogP contribution in [0.3, 0.4) is 0 Å². The van der Waals surface area contributed by atoms with Crippen LogP contribution in [0.15, 0.2) is 59.5 Å². The SMILES string of the molecule is O=S(=O)(c1cccc(C(F)(F)C(F)(F)C(F)(F)C(F)(F)C(F)(F)C(F)(F)C(F)(F)C(F)(F)F)c1)n1[c-]cc2ccccc21.[Li+]. The Morgan fingerprint density at radius 1 is 0.568 bits per heavy atom. The summed E-state index contributed by atoms with van der Waals surface area (Å²) in [4.78, 5) is -1.45. The molecule has 0 fully saturated rings. The van der Waals surface area contributed by atoms with Gasteiger partial charge < -0.3 is 3.97 Å². The maximum Gasteiger partial charge on any atom is 1.00 e. The second-order valence-electron chi connectivity index (χ2n) is 8.65. The summed E-state index contributed by atoms with van der Waals surface area (Å²) in [5.74, 6) is -57.8. The molecule has 0 aliphatic heterocycles. The third kappa shape index (κ3) is 4.93. The van der Waals surface area contributed by atoms with E-state index in [-0.39, 0.29) is 45.9 Å². The summed E-state index contributed by atoms with van der Waals surface area (Å²) in [5.41, 5.74) is -2.85. The minimum Gasteiger partial charge on any atom is -0.360 e. The molecule has 240 valence electrons. The molecular weight excluding hydrogens is 672 g/mol. The molecule has 0 spiro atoms. The maximum absolute atomic E-state index is 14.7. The van der Waals surface area contributed by atoms with Crippen molar-refractivity contribution in [3.8, 4) is 0 Å². The fraction of sp³-hybridized carbons (Fsp3) is 0.364. The van der Waals surface area contributed by atoms with Gasteiger partial charge in [0.15, 0.2) is 0 Å². The summed E-state index contributed by atoms with van der Waals surface area (Å²) in [7, 11) is -5.15. The van der Waals surface area contributed by atoms with E-state index in [1.54, 1.807) is 0 Å². The zero-order valence-electron chi connectivity index (χ0n) is 20.8. The smallest absolute Gasteiger partial charge is 0.360 e. The predicted molar refractivity (Wildman–Crippen MR) is 109 cm³/mol. The first-order chi connectivity index (χ1) is 19.0. The molecule has 3 rings (SSSR count). The van der Waals surface area contributed by atoms with E-state index in [0.29, 0.717) is 6.07 Å². The number of fused-ring (bicyclic) bond motifs is 1. The van der Waals surface area contributed by atoms with Gasteiger partial charge in [0.1, 0.15) is 0 Å². The number of aromatic nitrogens is 1. The van der Waals surface area contributed by atoms with Crippen molar-refractivity contribution < 1.29 is 102 Å². The van der Waals surface area contributed by atoms with Crippen LogP contribution in [-0.2, 0) is 15.9 Å². The molecule has 1 heterocycles. The third-order valence-electron chi connectivity index (χ3n) is 5.95. The molecule has 3 nitrogen and oxygen atoms in total. The molecule has 0 radical (unpaired) electrons. The number of hydrogen-bond acceptors (Lipinski definition) is 2. The number of rotatable bonds is 9. The average Bonchev–Trinajstić information content (AvgIpc) is 3.32. The second kappa shape index (κ2) is 10.7. The zero-order chi connectivity index (χ0) is 33.5. The predicted octanol–water partition coefficient (Wildman–Crippen LogP) is 5.15. The molecule has 22 heteroatoms. The minimum absolute atomic E-state index is 0. The van der Waals surface area contributed by atoms with Gasteiger partial charge in [0.05, 0.1) is 4.90 Å². The first-order valence-corrected chi connectivity index (χ1v) is 12.0. The van der Waals surface area contributed by atoms with E-state index >= 15 is 0 Å². The van der Waals surface area contributed by atoms with Crippen molar-refractivity contribution in [2.45, 2.75) is 52.5 Å². The normalized spacial score (nSPS) is 14.9. The van der Waals surface area contributed by atoms with Gasteiger partial charge in [0.2, 0.25) is 10.0 Å². The minimum atomic E-state index is -8.77. The van der Waals surface area contributed by atoms with Crippen LogP contribution in [0.2, 0.25) is 0 Å². The van der Waals surface area contributed by atoms with Crippen molar-refractivity contribution in [3.05, 3.63) is 66.4 Å². The molecule has 0 aliphatic rings. The Balaban J connectivity index is 0.00000675. The van der Waals surface area contributed by atoms with Crippen molar-refractivity contribution in [1.29, 1.82) is 0 Å². The van der Waals surface area contributed by atoms with Crippen LogP contribution in [0.5, 0.6) is 0 Å². The Hall–Kier alpha value is -2.66. The van der Waals surface area contributed by atoms with E-state index in [0.717, 1.165) is 12.1 Å². The summed E-state index contributed by atoms with van der Waals surface area (Å²) in [6, 6.07) is 5.83. The maximum atomic E-state index is 14.7. The molecule has 0 aliphatic carbocycles. The van der Waals surface area contributed by atoms with Gasteiger partial charge in [-0.1, -0.05) is 36.0 Å². The molecule has 3 aromatic rings. The molecule has 0 unspecified atom stereocenters. The molecule has 0 bridgehead atoms. The van der Waals surface area contributed by atoms with Crippen molar-refractivity contribution in [1.82, 2.24) is 3.97 Å². The van der Waals surface area contributed by atoms with Gasteiger partial charge in [-0.15, -0.1) is 12.1 Å². The largest absolute Gasteiger partial charge is 1.00 e. The van der Waals surface area contributed by atoms with Crippen LogP contribution in [0, 0.1) is 6.20 Å². The van der Waals surface area contributed by atoms with E-state index in [1.807, 2.05) is 0 Å². The number of halogens is 17. The first kappa shape index (κ1) is 37.5. The summed E-state index contributed by atoms with van der Waals surface area (Å²) in [6.45, 7) is 0. The molecule has 0 amide bonds. The summed E-state index contributed by atoms with van der Waals surface area (Å²) in [6.07, 6.45) is -5.74. The van der Waals surface area contributed by atoms with Crippen LogP contribution in [0.25, 0.3) is 10.9 Å². The van der Waals surface area contributed by atoms with E-state index in [4.69, 9.17) is 0 Å². The van der Waals surface area contributed by atoms with Crippen molar-refractivity contribution in [3.63, 3.8) is 0 Å². The number of alkyl halides is 17. The summed E-state index contributed by atoms with van der Waals surface area (Å²) >= 11 is 0. The average molecular weight is 681 g/mol. The third-order valence-corrected chi connectivity index (χ3v) is 7.58. The monoisotopic (exact) mass is 681 g/mol. The Morgan fingerprint density at radius 3 is 1.52 bits per heavy atom. The Bertz CT molecular complexity index is 1630. The van der Waals surface area contributed by atoms with E-state index in [9.17, 15) is 83.1 Å². The van der Waals surface area contributed by atoms with Crippen molar-refractivity contribution in [2.24, 2.45) is 0 Å². The molecule has 2 aromatic carbocycles. The fourth-order valence-corrected chi connectivity index (χ4v) is 4.85. The standard InChI is InChI=1S/C22H9F17NO2S.Li/c23-15(24,12-5-3-6-13(10-12)43(41,42)40-9-8-11-4-1-2-7-14(11)40)16(25,26)17(27,28)18(29,30)19(31,32)20(33,34)21(35,36)22(37,38)39;/h1-8,10H;/q-1;+1. The van der Waals surface area contributed by atoms with Gasteiger partial charge in [-0.05, 0) is 12.1 Å². The van der Waals surface area contributed by atoms with E-state index in [1.165, 1.54) is 18.2 Å². The van der Waals surface area contributed by atoms with Crippen LogP contribution in [0.4, 0.5) is 74.6 Å². The second-order valence-corrected chi connectivity index (χ2v) is 10.4. The van der Waals surface area contributed by atoms with Gasteiger partial charge >= 0.3 is 66.5 Å². The van der Waals surface area contributed by atoms with Gasteiger partial charge in [-0.2, -0.15) is 86.1 Å². The van der Waals surface area contributed by atoms with E-state index in [2.05, 4.69) is 6.20 Å². The number of para-hydroxylation sites is 1. The van der Waals surface area contributed by atoms with E-state index < -0.39 is 74.2 Å². The Kier molecular flexibility index (Phi) is 9.13. The van der Waals surface area contributed by atoms with Crippen molar-refractivity contribution >= 4 is 20.9 Å². The molecule has 1 aromatic heterocycles. The fourth-order valence-electron chi connectivity index (χ4n) is 3.49. The molecular formula is C22H9F17LiNO2S. The zero-order valence-corrected chi connectivity index (χ0v) is 21.6. The van der Waals surface area contributed by atoms with Gasteiger partial charge in [-0.25, -0.2) is 8.42 Å². The first-order valence-electron chi connectivity index (χ1n) is 10.6. The molecule has 0 atom stereocenters. The topological polar surface area (TPSA) is 39.1 Å². The summed E-state index contributed by atoms with van der Waals surface area (Å²) in [5, 5.41) is 0.148. The summed E-state index contributed by atoms with van der Waals surface area (Å²) < 4.78 is 257. The number of hydrogen-bond donors (Lipinski definition) is 0. The van der Waals surface area contributed by atoms with Gasteiger partial charge in [0, 0.05) is 5.56 Å².